The van der Waals surface area contributed by atoms with E-state index in [2.05, 4.69) is 6.92 Å². The molecule has 0 heterocycles. The van der Waals surface area contributed by atoms with E-state index in [4.69, 9.17) is 14.6 Å². The van der Waals surface area contributed by atoms with Gasteiger partial charge in [-0.3, -0.25) is 0 Å². The third-order valence-electron chi connectivity index (χ3n) is 1.88. The molecule has 3 heteroatoms. The molecule has 1 aromatic carbocycles. The van der Waals surface area contributed by atoms with Crippen LogP contribution in [0.5, 0.6) is 5.75 Å². The van der Waals surface area contributed by atoms with Crippen molar-refractivity contribution in [3.05, 3.63) is 29.8 Å². The van der Waals surface area contributed by atoms with Crippen LogP contribution in [0.4, 0.5) is 0 Å². The van der Waals surface area contributed by atoms with Gasteiger partial charge in [-0.25, -0.2) is 0 Å². The lowest BCUT2D eigenvalue weighted by Crippen LogP contribution is -2.02. The largest absolute Gasteiger partial charge is 0.491 e. The van der Waals surface area contributed by atoms with Gasteiger partial charge in [-0.1, -0.05) is 19.1 Å². The molecule has 84 valence electrons. The van der Waals surface area contributed by atoms with Crippen molar-refractivity contribution in [1.29, 1.82) is 0 Å². The lowest BCUT2D eigenvalue weighted by molar-refractivity contribution is 0.121. The van der Waals surface area contributed by atoms with E-state index in [9.17, 15) is 0 Å². The van der Waals surface area contributed by atoms with Gasteiger partial charge in [0.15, 0.2) is 0 Å². The van der Waals surface area contributed by atoms with Crippen molar-refractivity contribution < 1.29 is 14.6 Å². The van der Waals surface area contributed by atoms with Gasteiger partial charge >= 0.3 is 0 Å². The van der Waals surface area contributed by atoms with Gasteiger partial charge in [0.05, 0.1) is 13.2 Å². The first-order valence-corrected chi connectivity index (χ1v) is 5.27. The minimum absolute atomic E-state index is 0.0383. The Morgan fingerprint density at radius 2 is 2.13 bits per heavy atom. The van der Waals surface area contributed by atoms with E-state index in [0.29, 0.717) is 13.2 Å². The summed E-state index contributed by atoms with van der Waals surface area (Å²) in [5, 5.41) is 8.62. The summed E-state index contributed by atoms with van der Waals surface area (Å²) in [7, 11) is 0. The Morgan fingerprint density at radius 1 is 1.27 bits per heavy atom. The average molecular weight is 210 g/mol. The van der Waals surface area contributed by atoms with E-state index >= 15 is 0 Å². The van der Waals surface area contributed by atoms with Crippen LogP contribution >= 0.6 is 0 Å². The van der Waals surface area contributed by atoms with Crippen LogP contribution in [0.3, 0.4) is 0 Å². The van der Waals surface area contributed by atoms with Crippen molar-refractivity contribution in [3.63, 3.8) is 0 Å². The molecule has 0 spiro atoms. The first-order valence-electron chi connectivity index (χ1n) is 5.27. The predicted octanol–water partition coefficient (Wildman–Crippen LogP) is 1.98. The van der Waals surface area contributed by atoms with E-state index in [1.807, 2.05) is 24.3 Å². The number of benzene rings is 1. The van der Waals surface area contributed by atoms with E-state index in [1.165, 1.54) is 0 Å². The van der Waals surface area contributed by atoms with Crippen LogP contribution in [0, 0.1) is 0 Å². The number of ether oxygens (including phenoxy) is 2. The molecule has 0 unspecified atom stereocenters. The highest BCUT2D eigenvalue weighted by Gasteiger charge is 1.96. The summed E-state index contributed by atoms with van der Waals surface area (Å²) < 4.78 is 10.7. The molecule has 0 aliphatic carbocycles. The molecule has 0 amide bonds. The van der Waals surface area contributed by atoms with Crippen LogP contribution in [0.25, 0.3) is 0 Å². The Labute approximate surface area is 90.6 Å². The van der Waals surface area contributed by atoms with Crippen LogP contribution in [-0.2, 0) is 11.3 Å². The van der Waals surface area contributed by atoms with Crippen molar-refractivity contribution in [3.8, 4) is 5.75 Å². The second kappa shape index (κ2) is 7.26. The molecule has 0 aromatic heterocycles. The zero-order valence-corrected chi connectivity index (χ0v) is 9.11. The molecule has 1 rings (SSSR count). The fourth-order valence-electron chi connectivity index (χ4n) is 1.22. The third kappa shape index (κ3) is 4.81. The number of hydrogen-bond acceptors (Lipinski definition) is 3. The molecule has 0 saturated carbocycles. The topological polar surface area (TPSA) is 38.7 Å². The fourth-order valence-corrected chi connectivity index (χ4v) is 1.22. The average Bonchev–Trinajstić information content (AvgIpc) is 2.27. The zero-order valence-electron chi connectivity index (χ0n) is 9.11. The maximum absolute atomic E-state index is 8.62. The molecule has 0 fully saturated rings. The Bertz CT molecular complexity index is 273. The molecular weight excluding hydrogens is 192 g/mol. The lowest BCUT2D eigenvalue weighted by atomic mass is 10.2. The SMILES string of the molecule is CCCOCc1cccc(OCCO)c1. The molecular formula is C12H18O3. The maximum atomic E-state index is 8.62. The van der Waals surface area contributed by atoms with E-state index in [1.54, 1.807) is 0 Å². The number of aliphatic hydroxyl groups excluding tert-OH is 1. The standard InChI is InChI=1S/C12H18O3/c1-2-7-14-10-11-4-3-5-12(9-11)15-8-6-13/h3-5,9,13H,2,6-8,10H2,1H3. The van der Waals surface area contributed by atoms with E-state index < -0.39 is 0 Å². The highest BCUT2D eigenvalue weighted by atomic mass is 16.5. The Kier molecular flexibility index (Phi) is 5.81. The van der Waals surface area contributed by atoms with Crippen LogP contribution in [-0.4, -0.2) is 24.9 Å². The van der Waals surface area contributed by atoms with Crippen LogP contribution in [0.15, 0.2) is 24.3 Å². The molecule has 0 aliphatic rings. The van der Waals surface area contributed by atoms with Gasteiger partial charge in [0.2, 0.25) is 0 Å². The summed E-state index contributed by atoms with van der Waals surface area (Å²) in [4.78, 5) is 0. The van der Waals surface area contributed by atoms with Crippen molar-refractivity contribution in [2.75, 3.05) is 19.8 Å². The smallest absolute Gasteiger partial charge is 0.119 e. The van der Waals surface area contributed by atoms with Gasteiger partial charge in [0.25, 0.3) is 0 Å². The summed E-state index contributed by atoms with van der Waals surface area (Å²) in [6, 6.07) is 7.74. The molecule has 15 heavy (non-hydrogen) atoms. The second-order valence-corrected chi connectivity index (χ2v) is 3.27. The molecule has 1 N–H and O–H groups in total. The lowest BCUT2D eigenvalue weighted by Gasteiger charge is -2.07. The predicted molar refractivity (Wildman–Crippen MR) is 59.0 cm³/mol. The quantitative estimate of drug-likeness (QED) is 0.699. The summed E-state index contributed by atoms with van der Waals surface area (Å²) in [6.45, 7) is 3.85. The second-order valence-electron chi connectivity index (χ2n) is 3.27. The first-order chi connectivity index (χ1) is 7.36. The Hall–Kier alpha value is -1.06. The van der Waals surface area contributed by atoms with Gasteiger partial charge < -0.3 is 14.6 Å². The van der Waals surface area contributed by atoms with E-state index in [0.717, 1.165) is 24.3 Å². The molecule has 0 atom stereocenters. The molecule has 0 bridgehead atoms. The number of aliphatic hydroxyl groups is 1. The number of hydrogen-bond donors (Lipinski definition) is 1. The van der Waals surface area contributed by atoms with Crippen molar-refractivity contribution in [2.24, 2.45) is 0 Å². The van der Waals surface area contributed by atoms with Crippen molar-refractivity contribution in [2.45, 2.75) is 20.0 Å². The first kappa shape index (κ1) is 12.0. The van der Waals surface area contributed by atoms with Gasteiger partial charge in [-0.2, -0.15) is 0 Å². The third-order valence-corrected chi connectivity index (χ3v) is 1.88. The van der Waals surface area contributed by atoms with Crippen LogP contribution < -0.4 is 4.74 Å². The molecule has 3 nitrogen and oxygen atoms in total. The summed E-state index contributed by atoms with van der Waals surface area (Å²) >= 11 is 0. The van der Waals surface area contributed by atoms with Gasteiger partial charge in [0.1, 0.15) is 12.4 Å². The molecule has 0 saturated heterocycles. The van der Waals surface area contributed by atoms with Crippen LogP contribution in [0.2, 0.25) is 0 Å². The van der Waals surface area contributed by atoms with Gasteiger partial charge in [-0.05, 0) is 24.1 Å². The fraction of sp³-hybridized carbons (Fsp3) is 0.500. The number of rotatable bonds is 7. The monoisotopic (exact) mass is 210 g/mol. The summed E-state index contributed by atoms with van der Waals surface area (Å²) in [6.07, 6.45) is 1.03. The van der Waals surface area contributed by atoms with Gasteiger partial charge in [0, 0.05) is 6.61 Å². The summed E-state index contributed by atoms with van der Waals surface area (Å²) in [5.74, 6) is 0.779. The minimum Gasteiger partial charge on any atom is -0.491 e. The normalized spacial score (nSPS) is 10.3. The van der Waals surface area contributed by atoms with Crippen molar-refractivity contribution in [1.82, 2.24) is 0 Å². The maximum Gasteiger partial charge on any atom is 0.119 e. The van der Waals surface area contributed by atoms with Crippen LogP contribution in [0.1, 0.15) is 18.9 Å². The van der Waals surface area contributed by atoms with Crippen molar-refractivity contribution >= 4 is 0 Å². The Balaban J connectivity index is 2.42. The molecule has 0 radical (unpaired) electrons. The minimum atomic E-state index is 0.0383. The summed E-state index contributed by atoms with van der Waals surface area (Å²) in [5.41, 5.74) is 1.10. The zero-order chi connectivity index (χ0) is 10.9. The van der Waals surface area contributed by atoms with E-state index in [-0.39, 0.29) is 6.61 Å². The highest BCUT2D eigenvalue weighted by Crippen LogP contribution is 2.13. The Morgan fingerprint density at radius 3 is 2.87 bits per heavy atom. The highest BCUT2D eigenvalue weighted by molar-refractivity contribution is 5.28. The molecule has 0 aliphatic heterocycles. The molecule has 1 aromatic rings. The van der Waals surface area contributed by atoms with Gasteiger partial charge in [-0.15, -0.1) is 0 Å².